The van der Waals surface area contributed by atoms with Crippen molar-refractivity contribution in [3.8, 4) is 0 Å². The number of aliphatic hydroxyl groups excluding tert-OH is 1. The van der Waals surface area contributed by atoms with Gasteiger partial charge in [0, 0.05) is 32.0 Å². The van der Waals surface area contributed by atoms with Gasteiger partial charge < -0.3 is 19.5 Å². The van der Waals surface area contributed by atoms with Crippen LogP contribution in [0.1, 0.15) is 23.7 Å². The smallest absolute Gasteiger partial charge is 0.135 e. The highest BCUT2D eigenvalue weighted by Gasteiger charge is 2.20. The van der Waals surface area contributed by atoms with E-state index in [1.165, 1.54) is 0 Å². The lowest BCUT2D eigenvalue weighted by molar-refractivity contribution is 0.170. The molecule has 0 amide bonds. The first-order chi connectivity index (χ1) is 9.54. The van der Waals surface area contributed by atoms with Gasteiger partial charge in [-0.05, 0) is 32.4 Å². The molecule has 1 unspecified atom stereocenters. The van der Waals surface area contributed by atoms with E-state index in [-0.39, 0.29) is 12.6 Å². The number of aromatic nitrogens is 1. The van der Waals surface area contributed by atoms with E-state index < -0.39 is 0 Å². The summed E-state index contributed by atoms with van der Waals surface area (Å²) in [6.07, 6.45) is 0. The van der Waals surface area contributed by atoms with Crippen LogP contribution in [0.2, 0.25) is 0 Å². The number of hydrogen-bond acceptors (Lipinski definition) is 5. The van der Waals surface area contributed by atoms with Gasteiger partial charge in [0.05, 0.1) is 25.9 Å². The van der Waals surface area contributed by atoms with E-state index >= 15 is 0 Å². The lowest BCUT2D eigenvalue weighted by Crippen LogP contribution is -2.40. The van der Waals surface area contributed by atoms with Gasteiger partial charge in [0.25, 0.3) is 0 Å². The van der Waals surface area contributed by atoms with Crippen molar-refractivity contribution < 1.29 is 14.6 Å². The molecule has 20 heavy (non-hydrogen) atoms. The number of pyridine rings is 1. The molecule has 1 atom stereocenters. The lowest BCUT2D eigenvalue weighted by Gasteiger charge is -2.32. The summed E-state index contributed by atoms with van der Waals surface area (Å²) >= 11 is 0. The van der Waals surface area contributed by atoms with Crippen LogP contribution >= 0.6 is 0 Å². The van der Waals surface area contributed by atoms with Crippen molar-refractivity contribution in [3.63, 3.8) is 0 Å². The molecule has 0 fully saturated rings. The minimum atomic E-state index is -0.0162. The zero-order chi connectivity index (χ0) is 15.1. The summed E-state index contributed by atoms with van der Waals surface area (Å²) in [5.41, 5.74) is 2.87. The van der Waals surface area contributed by atoms with E-state index in [2.05, 4.69) is 16.8 Å². The average molecular weight is 282 g/mol. The molecule has 1 N–H and O–H groups in total. The van der Waals surface area contributed by atoms with E-state index in [1.54, 1.807) is 14.2 Å². The van der Waals surface area contributed by atoms with Crippen molar-refractivity contribution in [2.75, 3.05) is 38.9 Å². The second-order valence-electron chi connectivity index (χ2n) is 5.03. The summed E-state index contributed by atoms with van der Waals surface area (Å²) < 4.78 is 10.4. The second-order valence-corrected chi connectivity index (χ2v) is 5.03. The fourth-order valence-corrected chi connectivity index (χ4v) is 2.33. The van der Waals surface area contributed by atoms with E-state index in [9.17, 15) is 5.11 Å². The second kappa shape index (κ2) is 8.19. The number of methoxy groups -OCH3 is 2. The van der Waals surface area contributed by atoms with Crippen molar-refractivity contribution in [2.24, 2.45) is 0 Å². The van der Waals surface area contributed by atoms with Crippen LogP contribution in [0.15, 0.2) is 6.07 Å². The summed E-state index contributed by atoms with van der Waals surface area (Å²) in [4.78, 5) is 6.75. The van der Waals surface area contributed by atoms with Gasteiger partial charge in [-0.2, -0.15) is 0 Å². The number of anilines is 1. The monoisotopic (exact) mass is 282 g/mol. The molecule has 0 saturated carbocycles. The minimum absolute atomic E-state index is 0.0162. The number of ether oxygens (including phenoxy) is 2. The van der Waals surface area contributed by atoms with Gasteiger partial charge in [0.15, 0.2) is 0 Å². The van der Waals surface area contributed by atoms with E-state index in [1.807, 2.05) is 19.9 Å². The molecule has 0 aliphatic rings. The molecule has 1 rings (SSSR count). The third-order valence-electron chi connectivity index (χ3n) is 3.36. The summed E-state index contributed by atoms with van der Waals surface area (Å²) in [5, 5.41) is 9.65. The molecule has 5 heteroatoms. The van der Waals surface area contributed by atoms with Crippen molar-refractivity contribution in [2.45, 2.75) is 33.4 Å². The Hall–Kier alpha value is -1.17. The van der Waals surface area contributed by atoms with Gasteiger partial charge in [-0.3, -0.25) is 0 Å². The predicted octanol–water partition coefficient (Wildman–Crippen LogP) is 1.68. The number of aryl methyl sites for hydroxylation is 2. The Bertz CT molecular complexity index is 424. The Kier molecular flexibility index (Phi) is 6.91. The summed E-state index contributed by atoms with van der Waals surface area (Å²) in [6.45, 7) is 7.95. The largest absolute Gasteiger partial charge is 0.392 e. The molecular formula is C15H26N2O3. The van der Waals surface area contributed by atoms with Crippen LogP contribution in [0.3, 0.4) is 0 Å². The molecular weight excluding hydrogens is 256 g/mol. The first-order valence-electron chi connectivity index (χ1n) is 6.87. The topological polar surface area (TPSA) is 54.8 Å². The van der Waals surface area contributed by atoms with Crippen molar-refractivity contribution in [3.05, 3.63) is 22.9 Å². The van der Waals surface area contributed by atoms with Crippen LogP contribution in [-0.4, -0.2) is 50.1 Å². The fourth-order valence-electron chi connectivity index (χ4n) is 2.33. The van der Waals surface area contributed by atoms with Gasteiger partial charge in [0.1, 0.15) is 5.82 Å². The van der Waals surface area contributed by atoms with Gasteiger partial charge in [-0.15, -0.1) is 0 Å². The number of aliphatic hydroxyl groups is 1. The SMILES string of the molecule is COCCN(c1nc(C)cc(C)c1CO)C(C)COC. The van der Waals surface area contributed by atoms with Crippen molar-refractivity contribution >= 4 is 5.82 Å². The molecule has 0 radical (unpaired) electrons. The minimum Gasteiger partial charge on any atom is -0.392 e. The quantitative estimate of drug-likeness (QED) is 0.786. The zero-order valence-corrected chi connectivity index (χ0v) is 13.1. The maximum atomic E-state index is 9.65. The standard InChI is InChI=1S/C15H26N2O3/c1-11-8-12(2)16-15(14(11)9-18)17(6-7-19-4)13(3)10-20-5/h8,13,18H,6-7,9-10H2,1-5H3. The Morgan fingerprint density at radius 3 is 2.55 bits per heavy atom. The Morgan fingerprint density at radius 1 is 1.30 bits per heavy atom. The summed E-state index contributed by atoms with van der Waals surface area (Å²) in [6, 6.07) is 2.15. The van der Waals surface area contributed by atoms with Crippen molar-refractivity contribution in [1.82, 2.24) is 4.98 Å². The maximum absolute atomic E-state index is 9.65. The Labute approximate surface area is 121 Å². The molecule has 114 valence electrons. The molecule has 0 aliphatic heterocycles. The van der Waals surface area contributed by atoms with E-state index in [0.29, 0.717) is 19.8 Å². The zero-order valence-electron chi connectivity index (χ0n) is 13.1. The van der Waals surface area contributed by atoms with Crippen molar-refractivity contribution in [1.29, 1.82) is 0 Å². The molecule has 0 spiro atoms. The van der Waals surface area contributed by atoms with Crippen LogP contribution in [0, 0.1) is 13.8 Å². The van der Waals surface area contributed by atoms with Crippen LogP contribution in [-0.2, 0) is 16.1 Å². The molecule has 0 bridgehead atoms. The highest BCUT2D eigenvalue weighted by Crippen LogP contribution is 2.24. The molecule has 1 heterocycles. The number of rotatable bonds is 8. The maximum Gasteiger partial charge on any atom is 0.135 e. The van der Waals surface area contributed by atoms with Gasteiger partial charge in [-0.25, -0.2) is 4.98 Å². The Balaban J connectivity index is 3.17. The van der Waals surface area contributed by atoms with Gasteiger partial charge >= 0.3 is 0 Å². The van der Waals surface area contributed by atoms with E-state index in [0.717, 1.165) is 22.6 Å². The summed E-state index contributed by atoms with van der Waals surface area (Å²) in [7, 11) is 3.37. The first kappa shape index (κ1) is 16.9. The highest BCUT2D eigenvalue weighted by molar-refractivity contribution is 5.52. The lowest BCUT2D eigenvalue weighted by atomic mass is 10.1. The number of hydrogen-bond donors (Lipinski definition) is 1. The number of nitrogens with zero attached hydrogens (tertiary/aromatic N) is 2. The molecule has 5 nitrogen and oxygen atoms in total. The average Bonchev–Trinajstić information content (AvgIpc) is 2.39. The molecule has 0 aliphatic carbocycles. The van der Waals surface area contributed by atoms with E-state index in [4.69, 9.17) is 9.47 Å². The predicted molar refractivity (Wildman–Crippen MR) is 80.2 cm³/mol. The van der Waals surface area contributed by atoms with Crippen LogP contribution in [0.4, 0.5) is 5.82 Å². The van der Waals surface area contributed by atoms with Crippen LogP contribution in [0.5, 0.6) is 0 Å². The van der Waals surface area contributed by atoms with Gasteiger partial charge in [0.2, 0.25) is 0 Å². The molecule has 0 aromatic carbocycles. The third-order valence-corrected chi connectivity index (χ3v) is 3.36. The normalized spacial score (nSPS) is 12.5. The Morgan fingerprint density at radius 2 is 2.00 bits per heavy atom. The van der Waals surface area contributed by atoms with Crippen LogP contribution < -0.4 is 4.90 Å². The highest BCUT2D eigenvalue weighted by atomic mass is 16.5. The van der Waals surface area contributed by atoms with Gasteiger partial charge in [-0.1, -0.05) is 0 Å². The summed E-state index contributed by atoms with van der Waals surface area (Å²) in [5.74, 6) is 0.826. The molecule has 0 saturated heterocycles. The van der Waals surface area contributed by atoms with Crippen LogP contribution in [0.25, 0.3) is 0 Å². The third kappa shape index (κ3) is 4.16. The fraction of sp³-hybridized carbons (Fsp3) is 0.667. The first-order valence-corrected chi connectivity index (χ1v) is 6.87. The molecule has 1 aromatic rings. The molecule has 1 aromatic heterocycles.